The number of thioether (sulfide) groups is 1. The summed E-state index contributed by atoms with van der Waals surface area (Å²) in [5.74, 6) is 2.59. The number of hydrogen-bond acceptors (Lipinski definition) is 6. The molecule has 1 aliphatic heterocycles. The molecular formula is C22H25N3O4S. The molecule has 0 radical (unpaired) electrons. The highest BCUT2D eigenvalue weighted by atomic mass is 32.2. The summed E-state index contributed by atoms with van der Waals surface area (Å²) >= 11 is 1.94. The summed E-state index contributed by atoms with van der Waals surface area (Å²) in [6.45, 7) is 2.87. The molecule has 1 amide bonds. The fourth-order valence-corrected chi connectivity index (χ4v) is 4.45. The van der Waals surface area contributed by atoms with Gasteiger partial charge in [-0.1, -0.05) is 18.2 Å². The number of nitrogens with one attached hydrogen (secondary N) is 2. The van der Waals surface area contributed by atoms with Gasteiger partial charge in [0.2, 0.25) is 11.2 Å². The van der Waals surface area contributed by atoms with Gasteiger partial charge in [-0.05, 0) is 18.1 Å². The van der Waals surface area contributed by atoms with E-state index in [9.17, 15) is 9.59 Å². The maximum absolute atomic E-state index is 12.2. The first-order chi connectivity index (χ1) is 14.7. The molecule has 4 rings (SSSR count). The first kappa shape index (κ1) is 20.6. The highest BCUT2D eigenvalue weighted by Crippen LogP contribution is 2.17. The van der Waals surface area contributed by atoms with Crippen molar-refractivity contribution < 1.29 is 13.9 Å². The second-order valence-electron chi connectivity index (χ2n) is 7.21. The van der Waals surface area contributed by atoms with Crippen LogP contribution in [-0.4, -0.2) is 53.5 Å². The number of amides is 1. The number of rotatable bonds is 8. The molecule has 0 spiro atoms. The zero-order valence-corrected chi connectivity index (χ0v) is 17.5. The van der Waals surface area contributed by atoms with Crippen molar-refractivity contribution in [3.8, 4) is 5.75 Å². The SMILES string of the molecule is O=C(COc1coc(CN2CCSCC2)cc1=O)NCCc1c[nH]c2ccccc12. The smallest absolute Gasteiger partial charge is 0.257 e. The van der Waals surface area contributed by atoms with Gasteiger partial charge in [0, 0.05) is 54.3 Å². The van der Waals surface area contributed by atoms with Crippen LogP contribution in [0.15, 0.2) is 52.0 Å². The molecule has 1 saturated heterocycles. The number of para-hydroxylation sites is 1. The Kier molecular flexibility index (Phi) is 6.76. The molecular weight excluding hydrogens is 402 g/mol. The fraction of sp³-hybridized carbons (Fsp3) is 0.364. The highest BCUT2D eigenvalue weighted by molar-refractivity contribution is 7.99. The summed E-state index contributed by atoms with van der Waals surface area (Å²) in [5.41, 5.74) is 1.96. The molecule has 1 fully saturated rings. The van der Waals surface area contributed by atoms with Gasteiger partial charge in [0.15, 0.2) is 6.61 Å². The molecule has 0 unspecified atom stereocenters. The van der Waals surface area contributed by atoms with Crippen molar-refractivity contribution in [2.45, 2.75) is 13.0 Å². The van der Waals surface area contributed by atoms with E-state index in [0.717, 1.165) is 41.1 Å². The summed E-state index contributed by atoms with van der Waals surface area (Å²) in [4.78, 5) is 29.8. The number of H-pyrrole nitrogens is 1. The summed E-state index contributed by atoms with van der Waals surface area (Å²) in [6.07, 6.45) is 3.97. The van der Waals surface area contributed by atoms with Crippen LogP contribution in [-0.2, 0) is 17.8 Å². The van der Waals surface area contributed by atoms with E-state index in [1.165, 1.54) is 12.3 Å². The Morgan fingerprint density at radius 3 is 2.93 bits per heavy atom. The maximum atomic E-state index is 12.2. The Balaban J connectivity index is 1.23. The van der Waals surface area contributed by atoms with Crippen LogP contribution < -0.4 is 15.5 Å². The van der Waals surface area contributed by atoms with E-state index >= 15 is 0 Å². The Hall–Kier alpha value is -2.71. The minimum absolute atomic E-state index is 0.0553. The van der Waals surface area contributed by atoms with Crippen molar-refractivity contribution in [2.75, 3.05) is 37.7 Å². The van der Waals surface area contributed by atoms with Crippen molar-refractivity contribution >= 4 is 28.6 Å². The third-order valence-corrected chi connectivity index (χ3v) is 6.03. The molecule has 3 aromatic rings. The molecule has 3 heterocycles. The molecule has 0 atom stereocenters. The van der Waals surface area contributed by atoms with Crippen LogP contribution in [0.3, 0.4) is 0 Å². The number of aromatic nitrogens is 1. The fourth-order valence-electron chi connectivity index (χ4n) is 3.48. The van der Waals surface area contributed by atoms with E-state index in [-0.39, 0.29) is 23.7 Å². The van der Waals surface area contributed by atoms with Gasteiger partial charge in [-0.2, -0.15) is 11.8 Å². The Morgan fingerprint density at radius 1 is 1.27 bits per heavy atom. The molecule has 2 N–H and O–H groups in total. The molecule has 2 aromatic heterocycles. The van der Waals surface area contributed by atoms with Crippen LogP contribution >= 0.6 is 11.8 Å². The lowest BCUT2D eigenvalue weighted by Gasteiger charge is -2.25. The zero-order valence-electron chi connectivity index (χ0n) is 16.7. The molecule has 1 aliphatic rings. The van der Waals surface area contributed by atoms with Gasteiger partial charge in [-0.25, -0.2) is 0 Å². The van der Waals surface area contributed by atoms with Crippen LogP contribution in [0.4, 0.5) is 0 Å². The number of fused-ring (bicyclic) bond motifs is 1. The molecule has 0 bridgehead atoms. The first-order valence-electron chi connectivity index (χ1n) is 10.1. The number of carbonyl (C=O) groups is 1. The van der Waals surface area contributed by atoms with Gasteiger partial charge in [-0.3, -0.25) is 14.5 Å². The number of carbonyl (C=O) groups excluding carboxylic acids is 1. The molecule has 158 valence electrons. The molecule has 30 heavy (non-hydrogen) atoms. The molecule has 8 heteroatoms. The third-order valence-electron chi connectivity index (χ3n) is 5.09. The largest absolute Gasteiger partial charge is 0.477 e. The van der Waals surface area contributed by atoms with E-state index < -0.39 is 0 Å². The lowest BCUT2D eigenvalue weighted by atomic mass is 10.1. The summed E-state index contributed by atoms with van der Waals surface area (Å²) in [5, 5.41) is 3.98. The van der Waals surface area contributed by atoms with Crippen molar-refractivity contribution in [2.24, 2.45) is 0 Å². The Bertz CT molecular complexity index is 1060. The highest BCUT2D eigenvalue weighted by Gasteiger charge is 2.14. The molecule has 1 aromatic carbocycles. The van der Waals surface area contributed by atoms with Crippen molar-refractivity contribution in [1.82, 2.24) is 15.2 Å². The van der Waals surface area contributed by atoms with Gasteiger partial charge in [0.25, 0.3) is 5.91 Å². The monoisotopic (exact) mass is 427 g/mol. The predicted molar refractivity (Wildman–Crippen MR) is 118 cm³/mol. The van der Waals surface area contributed by atoms with Gasteiger partial charge in [0.05, 0.1) is 6.54 Å². The van der Waals surface area contributed by atoms with Gasteiger partial charge in [-0.15, -0.1) is 0 Å². The zero-order chi connectivity index (χ0) is 20.8. The van der Waals surface area contributed by atoms with Gasteiger partial charge in [0.1, 0.15) is 12.0 Å². The number of nitrogens with zero attached hydrogens (tertiary/aromatic N) is 1. The Morgan fingerprint density at radius 2 is 2.10 bits per heavy atom. The number of hydrogen-bond donors (Lipinski definition) is 2. The predicted octanol–water partition coefficient (Wildman–Crippen LogP) is 2.41. The molecule has 0 saturated carbocycles. The normalized spacial score (nSPS) is 14.7. The van der Waals surface area contributed by atoms with Crippen LogP contribution in [0.1, 0.15) is 11.3 Å². The van der Waals surface area contributed by atoms with Crippen LogP contribution in [0.25, 0.3) is 10.9 Å². The average Bonchev–Trinajstić information content (AvgIpc) is 3.17. The lowest BCUT2D eigenvalue weighted by molar-refractivity contribution is -0.123. The first-order valence-corrected chi connectivity index (χ1v) is 11.2. The molecule has 7 nitrogen and oxygen atoms in total. The lowest BCUT2D eigenvalue weighted by Crippen LogP contribution is -2.32. The number of ether oxygens (including phenoxy) is 1. The van der Waals surface area contributed by atoms with Gasteiger partial charge < -0.3 is 19.5 Å². The molecule has 0 aliphatic carbocycles. The summed E-state index contributed by atoms with van der Waals surface area (Å²) < 4.78 is 10.9. The standard InChI is InChI=1S/C22H25N3O4S/c26-20-11-17(13-25-7-9-30-10-8-25)28-14-21(20)29-15-22(27)23-6-5-16-12-24-19-4-2-1-3-18(16)19/h1-4,11-12,14,24H,5-10,13,15H2,(H,23,27). The summed E-state index contributed by atoms with van der Waals surface area (Å²) in [6, 6.07) is 9.51. The van der Waals surface area contributed by atoms with E-state index in [1.807, 2.05) is 36.2 Å². The quantitative estimate of drug-likeness (QED) is 0.574. The minimum Gasteiger partial charge on any atom is -0.477 e. The second kappa shape index (κ2) is 9.86. The average molecular weight is 428 g/mol. The van der Waals surface area contributed by atoms with Crippen molar-refractivity contribution in [1.29, 1.82) is 0 Å². The van der Waals surface area contributed by atoms with E-state index in [2.05, 4.69) is 21.3 Å². The number of aromatic amines is 1. The Labute approximate surface area is 178 Å². The van der Waals surface area contributed by atoms with Crippen LogP contribution in [0.2, 0.25) is 0 Å². The van der Waals surface area contributed by atoms with E-state index in [4.69, 9.17) is 9.15 Å². The summed E-state index contributed by atoms with van der Waals surface area (Å²) in [7, 11) is 0. The van der Waals surface area contributed by atoms with Crippen LogP contribution in [0, 0.1) is 0 Å². The maximum Gasteiger partial charge on any atom is 0.257 e. The van der Waals surface area contributed by atoms with Crippen molar-refractivity contribution in [3.63, 3.8) is 0 Å². The third kappa shape index (κ3) is 5.25. The van der Waals surface area contributed by atoms with Crippen molar-refractivity contribution in [3.05, 3.63) is 64.3 Å². The number of benzene rings is 1. The topological polar surface area (TPSA) is 87.6 Å². The van der Waals surface area contributed by atoms with E-state index in [0.29, 0.717) is 25.3 Å². The van der Waals surface area contributed by atoms with Crippen LogP contribution in [0.5, 0.6) is 5.75 Å². The van der Waals surface area contributed by atoms with Gasteiger partial charge >= 0.3 is 0 Å². The van der Waals surface area contributed by atoms with E-state index in [1.54, 1.807) is 0 Å². The minimum atomic E-state index is -0.274. The second-order valence-corrected chi connectivity index (χ2v) is 8.44.